The maximum atomic E-state index is 14.0. The Morgan fingerprint density at radius 2 is 1.18 bits per heavy atom. The van der Waals surface area contributed by atoms with Gasteiger partial charge in [0, 0.05) is 62.2 Å². The highest BCUT2D eigenvalue weighted by atomic mass is 16.6. The molecule has 5 rings (SSSR count). The highest BCUT2D eigenvalue weighted by molar-refractivity contribution is 5.98. The fourth-order valence-corrected chi connectivity index (χ4v) is 9.99. The lowest BCUT2D eigenvalue weighted by Crippen LogP contribution is -2.54. The van der Waals surface area contributed by atoms with Crippen molar-refractivity contribution in [1.29, 1.82) is 0 Å². The Labute approximate surface area is 572 Å². The van der Waals surface area contributed by atoms with Crippen LogP contribution in [-0.2, 0) is 107 Å². The van der Waals surface area contributed by atoms with E-state index in [2.05, 4.69) is 21.3 Å². The van der Waals surface area contributed by atoms with Crippen LogP contribution >= 0.6 is 0 Å². The van der Waals surface area contributed by atoms with Gasteiger partial charge in [-0.2, -0.15) is 0 Å². The number of carbonyl (C=O) groups excluding carboxylic acids is 6. The van der Waals surface area contributed by atoms with E-state index in [9.17, 15) is 38.7 Å². The largest absolute Gasteiger partial charge is 0.476 e. The molecule has 9 N–H and O–H groups in total. The number of rotatable bonds is 54. The second-order valence-corrected chi connectivity index (χ2v) is 22.9. The molecule has 0 aliphatic carbocycles. The number of hydrogen-bond acceptors (Lipinski definition) is 23. The van der Waals surface area contributed by atoms with Gasteiger partial charge in [-0.05, 0) is 72.7 Å². The van der Waals surface area contributed by atoms with Crippen molar-refractivity contribution in [3.63, 3.8) is 0 Å². The number of aromatic nitrogens is 2. The summed E-state index contributed by atoms with van der Waals surface area (Å²) >= 11 is 0. The fraction of sp³-hybridized carbons (Fsp3) is 0.618. The number of pyridine rings is 2. The molecule has 4 aromatic rings. The summed E-state index contributed by atoms with van der Waals surface area (Å²) in [7, 11) is 3.21. The van der Waals surface area contributed by atoms with Crippen molar-refractivity contribution < 1.29 is 95.5 Å². The van der Waals surface area contributed by atoms with Crippen LogP contribution in [-0.4, -0.2) is 240 Å². The van der Waals surface area contributed by atoms with Crippen LogP contribution in [0.15, 0.2) is 53.3 Å². The van der Waals surface area contributed by atoms with Crippen LogP contribution in [0.25, 0.3) is 22.3 Å². The van der Waals surface area contributed by atoms with E-state index in [4.69, 9.17) is 78.0 Å². The second-order valence-electron chi connectivity index (χ2n) is 22.9. The number of aliphatic hydroxyl groups is 1. The molecule has 2 aromatic heterocycles. The molecule has 1 aliphatic heterocycles. The van der Waals surface area contributed by atoms with E-state index in [1.807, 2.05) is 13.0 Å². The highest BCUT2D eigenvalue weighted by Crippen LogP contribution is 2.38. The molecule has 30 nitrogen and oxygen atoms in total. The topological polar surface area (TPSA) is 381 Å². The Morgan fingerprint density at radius 3 is 1.65 bits per heavy atom. The first-order valence-electron chi connectivity index (χ1n) is 33.5. The molecule has 0 bridgehead atoms. The monoisotopic (exact) mass is 1380 g/mol. The van der Waals surface area contributed by atoms with Gasteiger partial charge in [-0.1, -0.05) is 39.8 Å². The zero-order chi connectivity index (χ0) is 70.9. The Hall–Kier alpha value is -7.30. The minimum Gasteiger partial charge on any atom is -0.476 e. The zero-order valence-corrected chi connectivity index (χ0v) is 57.7. The van der Waals surface area contributed by atoms with Crippen LogP contribution in [0.2, 0.25) is 0 Å². The number of ether oxygens (including phenoxy) is 13. The van der Waals surface area contributed by atoms with Crippen molar-refractivity contribution in [3.8, 4) is 17.1 Å². The number of primary amides is 1. The van der Waals surface area contributed by atoms with Crippen molar-refractivity contribution in [1.82, 2.24) is 30.4 Å². The minimum absolute atomic E-state index is 0.0427. The van der Waals surface area contributed by atoms with Gasteiger partial charge in [0.25, 0.3) is 11.5 Å². The summed E-state index contributed by atoms with van der Waals surface area (Å²) in [5.74, 6) is -2.47. The van der Waals surface area contributed by atoms with Gasteiger partial charge < -0.3 is 109 Å². The maximum absolute atomic E-state index is 14.0. The first kappa shape index (κ1) is 81.4. The Bertz CT molecular complexity index is 3120. The van der Waals surface area contributed by atoms with Gasteiger partial charge in [0.15, 0.2) is 0 Å². The molecule has 3 atom stereocenters. The number of nitrogens with two attached hydrogens (primary N) is 2. The number of aryl methyl sites for hydroxylation is 1. The van der Waals surface area contributed by atoms with Crippen LogP contribution in [0.3, 0.4) is 0 Å². The highest BCUT2D eigenvalue weighted by Gasteiger charge is 2.32. The summed E-state index contributed by atoms with van der Waals surface area (Å²) in [6.07, 6.45) is -0.126. The summed E-state index contributed by atoms with van der Waals surface area (Å²) in [5.41, 5.74) is 15.1. The summed E-state index contributed by atoms with van der Waals surface area (Å²) < 4.78 is 73.7. The van der Waals surface area contributed by atoms with Crippen molar-refractivity contribution in [2.75, 3.05) is 178 Å². The predicted octanol–water partition coefficient (Wildman–Crippen LogP) is 2.69. The van der Waals surface area contributed by atoms with Crippen LogP contribution < -0.4 is 43.0 Å². The van der Waals surface area contributed by atoms with E-state index in [1.54, 1.807) is 81.9 Å². The average Bonchev–Trinajstić information content (AvgIpc) is 1.58. The van der Waals surface area contributed by atoms with E-state index >= 15 is 0 Å². The molecular formula is C68H103N9O21. The minimum atomic E-state index is -1.13. The van der Waals surface area contributed by atoms with E-state index in [1.165, 1.54) is 4.90 Å². The van der Waals surface area contributed by atoms with Crippen LogP contribution in [0.5, 0.6) is 5.75 Å². The number of fused-ring (bicyclic) bond motifs is 4. The van der Waals surface area contributed by atoms with E-state index in [-0.39, 0.29) is 88.1 Å². The number of carbonyl (C=O) groups is 6. The van der Waals surface area contributed by atoms with E-state index in [0.717, 1.165) is 16.5 Å². The summed E-state index contributed by atoms with van der Waals surface area (Å²) in [5, 5.41) is 21.9. The Balaban J connectivity index is 0.983. The number of aliphatic hydroxyl groups excluding tert-OH is 1. The van der Waals surface area contributed by atoms with Gasteiger partial charge in [0.05, 0.1) is 181 Å². The molecule has 546 valence electrons. The van der Waals surface area contributed by atoms with Gasteiger partial charge in [0.1, 0.15) is 24.4 Å². The third-order valence-electron chi connectivity index (χ3n) is 15.1. The third kappa shape index (κ3) is 28.9. The average molecular weight is 1380 g/mol. The normalized spacial score (nSPS) is 12.6. The molecule has 0 radical (unpaired) electrons. The number of esters is 1. The lowest BCUT2D eigenvalue weighted by atomic mass is 9.98. The van der Waals surface area contributed by atoms with Crippen molar-refractivity contribution in [2.45, 2.75) is 97.7 Å². The van der Waals surface area contributed by atoms with Crippen molar-refractivity contribution in [3.05, 3.63) is 86.7 Å². The molecule has 2 unspecified atom stereocenters. The zero-order valence-electron chi connectivity index (χ0n) is 57.7. The molecule has 30 heteroatoms. The van der Waals surface area contributed by atoms with Crippen LogP contribution in [0, 0.1) is 5.92 Å². The van der Waals surface area contributed by atoms with Crippen LogP contribution in [0.4, 0.5) is 10.5 Å². The second kappa shape index (κ2) is 46.9. The number of hydrogen-bond donors (Lipinski definition) is 7. The number of likely N-dealkylation sites (N-methyl/N-ethyl adjacent to an activating group) is 1. The lowest BCUT2D eigenvalue weighted by Gasteiger charge is -2.25. The van der Waals surface area contributed by atoms with Gasteiger partial charge in [-0.15, -0.1) is 0 Å². The van der Waals surface area contributed by atoms with Crippen LogP contribution in [0.1, 0.15) is 87.3 Å². The number of amides is 6. The predicted molar refractivity (Wildman–Crippen MR) is 361 cm³/mol. The quantitative estimate of drug-likeness (QED) is 0.0217. The SMILES string of the molecule is CCC(=O)OCc1c(CO)cc2n(c1=O)Cc1c-2nc2ccc(OC(C(=O)N(C)C)c3ccc(NC(=O)[C@H](CCCNC(N)=O)NC(=O)C(NC(=O)CCOCCOCCOCCOCCOCCOCCOCCOCCOCCOCCOCCN)C(C)C)cc3)cc2c1CC. The molecule has 1 aliphatic rings. The summed E-state index contributed by atoms with van der Waals surface area (Å²) in [6.45, 7) is 16.4. The molecule has 0 saturated carbocycles. The molecule has 98 heavy (non-hydrogen) atoms. The molecule has 6 amide bonds. The summed E-state index contributed by atoms with van der Waals surface area (Å²) in [4.78, 5) is 98.5. The van der Waals surface area contributed by atoms with Gasteiger partial charge in [0.2, 0.25) is 23.8 Å². The summed E-state index contributed by atoms with van der Waals surface area (Å²) in [6, 6.07) is 10.6. The Kier molecular flexibility index (Phi) is 38.9. The molecule has 0 saturated heterocycles. The third-order valence-corrected chi connectivity index (χ3v) is 15.1. The fourth-order valence-electron chi connectivity index (χ4n) is 9.99. The van der Waals surface area contributed by atoms with Gasteiger partial charge in [-0.25, -0.2) is 9.78 Å². The van der Waals surface area contributed by atoms with Crippen molar-refractivity contribution >= 4 is 52.2 Å². The first-order chi connectivity index (χ1) is 47.5. The number of urea groups is 1. The van der Waals surface area contributed by atoms with E-state index in [0.29, 0.717) is 178 Å². The number of nitrogens with one attached hydrogen (secondary N) is 4. The standard InChI is InChI=1S/C68H103N9O21/c1-7-52-53-43-51(15-16-56(53)73-62-54(52)44-77-58(62)42-49(45-78)55(66(77)83)46-97-60(80)8-2)98-63(67(84)76(5)6)48-11-13-50(14-12-48)72-64(81)57(10-9-19-71-68(70)85)74-65(82)61(47(3)4)75-59(79)17-20-86-22-24-88-26-28-90-30-32-92-34-36-94-38-40-96-41-39-95-37-35-93-33-31-91-29-27-89-25-23-87-21-18-69/h11-16,42-43,47,57,61,63,78H,7-10,17-41,44-46,69H2,1-6H3,(H,72,81)(H,74,82)(H,75,79)(H3,70,71,85)/t57-,61?,63?/m0/s1. The molecule has 3 heterocycles. The molecular weight excluding hydrogens is 1280 g/mol. The molecule has 0 fully saturated rings. The van der Waals surface area contributed by atoms with Crippen molar-refractivity contribution in [2.24, 2.45) is 17.4 Å². The molecule has 0 spiro atoms. The first-order valence-corrected chi connectivity index (χ1v) is 33.5. The van der Waals surface area contributed by atoms with E-state index < -0.39 is 54.5 Å². The lowest BCUT2D eigenvalue weighted by molar-refractivity contribution is -0.144. The maximum Gasteiger partial charge on any atom is 0.312 e. The van der Waals surface area contributed by atoms with Gasteiger partial charge >= 0.3 is 12.0 Å². The number of benzene rings is 2. The van der Waals surface area contributed by atoms with Gasteiger partial charge in [-0.3, -0.25) is 28.8 Å². The molecule has 2 aromatic carbocycles. The number of anilines is 1. The number of nitrogens with zero attached hydrogens (tertiary/aromatic N) is 3. The smallest absolute Gasteiger partial charge is 0.312 e. The Morgan fingerprint density at radius 1 is 0.663 bits per heavy atom.